The summed E-state index contributed by atoms with van der Waals surface area (Å²) in [4.78, 5) is 21.3. The monoisotopic (exact) mass is 402 g/mol. The number of amides is 1. The van der Waals surface area contributed by atoms with Gasteiger partial charge in [-0.05, 0) is 34.6 Å². The molecular formula is C22H34N4OS+2. The van der Waals surface area contributed by atoms with Gasteiger partial charge in [-0.1, -0.05) is 29.8 Å². The summed E-state index contributed by atoms with van der Waals surface area (Å²) in [5, 5.41) is 4.29. The molecule has 3 N–H and O–H groups in total. The lowest BCUT2D eigenvalue weighted by molar-refractivity contribution is -1.02. The van der Waals surface area contributed by atoms with Crippen LogP contribution >= 0.6 is 11.3 Å². The third-order valence-corrected chi connectivity index (χ3v) is 6.13. The number of aromatic nitrogens is 1. The third-order valence-electron chi connectivity index (χ3n) is 5.16. The van der Waals surface area contributed by atoms with Crippen LogP contribution in [0.25, 0.3) is 11.3 Å². The maximum absolute atomic E-state index is 12.1. The number of benzene rings is 1. The van der Waals surface area contributed by atoms with Gasteiger partial charge in [0.2, 0.25) is 0 Å². The minimum absolute atomic E-state index is 0.151. The zero-order valence-electron chi connectivity index (χ0n) is 17.8. The van der Waals surface area contributed by atoms with Gasteiger partial charge in [-0.15, -0.1) is 11.3 Å². The molecule has 5 nitrogen and oxygen atoms in total. The fourth-order valence-electron chi connectivity index (χ4n) is 3.72. The molecule has 0 spiro atoms. The van der Waals surface area contributed by atoms with Gasteiger partial charge in [-0.25, -0.2) is 4.98 Å². The zero-order chi connectivity index (χ0) is 20.3. The normalized spacial score (nSPS) is 20.2. The van der Waals surface area contributed by atoms with Crippen molar-refractivity contribution in [2.45, 2.75) is 46.7 Å². The molecule has 0 atom stereocenters. The van der Waals surface area contributed by atoms with Crippen molar-refractivity contribution in [2.75, 3.05) is 32.7 Å². The summed E-state index contributed by atoms with van der Waals surface area (Å²) in [7, 11) is 0. The molecule has 2 heterocycles. The van der Waals surface area contributed by atoms with E-state index in [1.165, 1.54) is 25.9 Å². The number of aryl methyl sites for hydroxylation is 2. The van der Waals surface area contributed by atoms with Crippen molar-refractivity contribution in [3.8, 4) is 11.3 Å². The minimum Gasteiger partial charge on any atom is -0.347 e. The number of hydrogen-bond donors (Lipinski definition) is 3. The number of hydrogen-bond acceptors (Lipinski definition) is 3. The lowest BCUT2D eigenvalue weighted by Gasteiger charge is -2.29. The number of nitrogens with zero attached hydrogens (tertiary/aromatic N) is 1. The van der Waals surface area contributed by atoms with Gasteiger partial charge in [0.25, 0.3) is 5.91 Å². The van der Waals surface area contributed by atoms with E-state index in [0.29, 0.717) is 6.54 Å². The lowest BCUT2D eigenvalue weighted by atomic mass is 10.1. The topological polar surface area (TPSA) is 50.9 Å². The Morgan fingerprint density at radius 1 is 1.07 bits per heavy atom. The van der Waals surface area contributed by atoms with Crippen molar-refractivity contribution in [3.63, 3.8) is 0 Å². The highest BCUT2D eigenvalue weighted by Gasteiger charge is 2.27. The second-order valence-corrected chi connectivity index (χ2v) is 10.3. The molecule has 1 saturated heterocycles. The summed E-state index contributed by atoms with van der Waals surface area (Å²) in [5.41, 5.74) is 3.46. The van der Waals surface area contributed by atoms with Crippen molar-refractivity contribution in [1.82, 2.24) is 10.3 Å². The van der Waals surface area contributed by atoms with E-state index in [-0.39, 0.29) is 11.4 Å². The maximum atomic E-state index is 12.1. The summed E-state index contributed by atoms with van der Waals surface area (Å²) in [5.74, 6) is 0.157. The van der Waals surface area contributed by atoms with Crippen LogP contribution in [0.2, 0.25) is 0 Å². The SMILES string of the molecule is Cc1ccc(-c2nc(C[NH+]3CC[NH+](CC(=O)NC(C)(C)C)CC3)sc2C)cc1. The first-order valence-electron chi connectivity index (χ1n) is 10.2. The standard InChI is InChI=1S/C22H32N4OS/c1-16-6-8-18(9-7-16)21-17(2)28-20(23-21)15-26-12-10-25(11-13-26)14-19(27)24-22(3,4)5/h6-9H,10-15H2,1-5H3,(H,24,27)/p+2. The molecule has 28 heavy (non-hydrogen) atoms. The molecule has 152 valence electrons. The largest absolute Gasteiger partial charge is 0.347 e. The predicted octanol–water partition coefficient (Wildman–Crippen LogP) is 0.625. The first-order chi connectivity index (χ1) is 13.2. The van der Waals surface area contributed by atoms with Gasteiger partial charge in [-0.2, -0.15) is 0 Å². The molecule has 1 aliphatic heterocycles. The van der Waals surface area contributed by atoms with Gasteiger partial charge in [0.05, 0.1) is 5.69 Å². The van der Waals surface area contributed by atoms with E-state index in [1.807, 2.05) is 32.1 Å². The van der Waals surface area contributed by atoms with Gasteiger partial charge in [0.15, 0.2) is 6.54 Å². The summed E-state index contributed by atoms with van der Waals surface area (Å²) < 4.78 is 0. The highest BCUT2D eigenvalue weighted by Crippen LogP contribution is 2.27. The van der Waals surface area contributed by atoms with Gasteiger partial charge in [0.1, 0.15) is 37.7 Å². The molecule has 0 unspecified atom stereocenters. The van der Waals surface area contributed by atoms with Crippen molar-refractivity contribution >= 4 is 17.2 Å². The van der Waals surface area contributed by atoms with Crippen LogP contribution in [0.5, 0.6) is 0 Å². The fraction of sp³-hybridized carbons (Fsp3) is 0.545. The number of carbonyl (C=O) groups is 1. The summed E-state index contributed by atoms with van der Waals surface area (Å²) >= 11 is 1.82. The molecule has 1 aromatic heterocycles. The summed E-state index contributed by atoms with van der Waals surface area (Å²) in [6, 6.07) is 8.63. The number of nitrogens with one attached hydrogen (secondary N) is 3. The van der Waals surface area contributed by atoms with Crippen LogP contribution in [0, 0.1) is 13.8 Å². The van der Waals surface area contributed by atoms with Gasteiger partial charge in [-0.3, -0.25) is 4.79 Å². The highest BCUT2D eigenvalue weighted by molar-refractivity contribution is 7.12. The van der Waals surface area contributed by atoms with E-state index in [0.717, 1.165) is 38.4 Å². The van der Waals surface area contributed by atoms with Crippen LogP contribution < -0.4 is 15.1 Å². The fourth-order valence-corrected chi connectivity index (χ4v) is 4.75. The molecular weight excluding hydrogens is 368 g/mol. The zero-order valence-corrected chi connectivity index (χ0v) is 18.6. The Balaban J connectivity index is 1.52. The molecule has 2 aromatic rings. The number of carbonyl (C=O) groups excluding carboxylic acids is 1. The average Bonchev–Trinajstić information content (AvgIpc) is 2.96. The Kier molecular flexibility index (Phi) is 6.53. The molecule has 0 saturated carbocycles. The molecule has 0 bridgehead atoms. The van der Waals surface area contributed by atoms with Crippen LogP contribution in [0.15, 0.2) is 24.3 Å². The van der Waals surface area contributed by atoms with E-state index in [4.69, 9.17) is 4.98 Å². The van der Waals surface area contributed by atoms with Crippen molar-refractivity contribution in [3.05, 3.63) is 39.7 Å². The molecule has 1 aromatic carbocycles. The Hall–Kier alpha value is -1.76. The molecule has 1 amide bonds. The first kappa shape index (κ1) is 21.0. The minimum atomic E-state index is -0.151. The molecule has 0 aliphatic carbocycles. The number of quaternary nitrogens is 2. The van der Waals surface area contributed by atoms with Crippen LogP contribution in [-0.4, -0.2) is 49.2 Å². The van der Waals surface area contributed by atoms with Crippen LogP contribution in [0.3, 0.4) is 0 Å². The summed E-state index contributed by atoms with van der Waals surface area (Å²) in [6.45, 7) is 16.2. The second kappa shape index (κ2) is 8.72. The first-order valence-corrected chi connectivity index (χ1v) is 11.0. The second-order valence-electron chi connectivity index (χ2n) is 9.03. The predicted molar refractivity (Wildman–Crippen MR) is 115 cm³/mol. The van der Waals surface area contributed by atoms with E-state index in [9.17, 15) is 4.79 Å². The Morgan fingerprint density at radius 2 is 1.68 bits per heavy atom. The highest BCUT2D eigenvalue weighted by atomic mass is 32.1. The van der Waals surface area contributed by atoms with Gasteiger partial charge < -0.3 is 15.1 Å². The van der Waals surface area contributed by atoms with Crippen molar-refractivity contribution in [1.29, 1.82) is 0 Å². The van der Waals surface area contributed by atoms with E-state index in [1.54, 1.807) is 4.90 Å². The molecule has 6 heteroatoms. The average molecular weight is 403 g/mol. The van der Waals surface area contributed by atoms with Crippen molar-refractivity contribution in [2.24, 2.45) is 0 Å². The smallest absolute Gasteiger partial charge is 0.275 e. The lowest BCUT2D eigenvalue weighted by Crippen LogP contribution is -3.28. The van der Waals surface area contributed by atoms with Gasteiger partial charge in [0, 0.05) is 16.0 Å². The van der Waals surface area contributed by atoms with E-state index < -0.39 is 0 Å². The molecule has 3 rings (SSSR count). The van der Waals surface area contributed by atoms with Crippen LogP contribution in [-0.2, 0) is 11.3 Å². The van der Waals surface area contributed by atoms with E-state index in [2.05, 4.69) is 43.4 Å². The van der Waals surface area contributed by atoms with Crippen LogP contribution in [0.4, 0.5) is 0 Å². The van der Waals surface area contributed by atoms with Crippen molar-refractivity contribution < 1.29 is 14.6 Å². The number of thiazole rings is 1. The molecule has 1 fully saturated rings. The number of piperazine rings is 1. The molecule has 0 radical (unpaired) electrons. The third kappa shape index (κ3) is 5.87. The Bertz CT molecular complexity index is 799. The quantitative estimate of drug-likeness (QED) is 0.687. The molecule has 1 aliphatic rings. The Labute approximate surface area is 172 Å². The van der Waals surface area contributed by atoms with Gasteiger partial charge >= 0.3 is 0 Å². The summed E-state index contributed by atoms with van der Waals surface area (Å²) in [6.07, 6.45) is 0. The Morgan fingerprint density at radius 3 is 2.29 bits per heavy atom. The maximum Gasteiger partial charge on any atom is 0.275 e. The van der Waals surface area contributed by atoms with Crippen LogP contribution in [0.1, 0.15) is 36.2 Å². The van der Waals surface area contributed by atoms with E-state index >= 15 is 0 Å². The number of rotatable bonds is 5.